The molecule has 1 heterocycles. The number of aliphatic hydroxyl groups excluding tert-OH is 1. The third-order valence-electron chi connectivity index (χ3n) is 5.59. The van der Waals surface area contributed by atoms with Gasteiger partial charge in [-0.25, -0.2) is 0 Å². The molecule has 1 aliphatic heterocycles. The Morgan fingerprint density at radius 2 is 1.91 bits per heavy atom. The molecule has 1 rings (SSSR count). The predicted molar refractivity (Wildman–Crippen MR) is 132 cm³/mol. The van der Waals surface area contributed by atoms with E-state index in [1.807, 2.05) is 20.9 Å². The maximum absolute atomic E-state index is 13.1. The monoisotopic (exact) mass is 488 g/mol. The minimum atomic E-state index is -0.361. The van der Waals surface area contributed by atoms with E-state index in [1.165, 1.54) is 28.5 Å². The molecule has 0 aromatic heterocycles. The highest BCUT2D eigenvalue weighted by molar-refractivity contribution is 8.77. The van der Waals surface area contributed by atoms with Crippen LogP contribution in [0.15, 0.2) is 0 Å². The first-order valence-corrected chi connectivity index (χ1v) is 13.9. The standard InChI is InChI=1S/C23H40N2O5S2/c1-15(2)12-20(29)22-13-17(23(30)21(31-32-22)6-5-11-26)7-8-18(28)14-25-19(16(3)27)9-10-24-4/h15,17,19,21-22,24-26H,5-14H2,1-4H3/t17-,19+,21?,22?/m1/s1. The quantitative estimate of drug-likeness (QED) is 0.282. The molecule has 9 heteroatoms. The van der Waals surface area contributed by atoms with Gasteiger partial charge in [-0.05, 0) is 58.5 Å². The number of ketones is 4. The van der Waals surface area contributed by atoms with Crippen molar-refractivity contribution >= 4 is 44.7 Å². The average molecular weight is 489 g/mol. The Morgan fingerprint density at radius 1 is 1.19 bits per heavy atom. The molecular formula is C23H40N2O5S2. The van der Waals surface area contributed by atoms with E-state index in [0.717, 1.165) is 0 Å². The highest BCUT2D eigenvalue weighted by atomic mass is 33.1. The van der Waals surface area contributed by atoms with Crippen molar-refractivity contribution in [3.05, 3.63) is 0 Å². The molecule has 1 fully saturated rings. The molecule has 0 saturated carbocycles. The van der Waals surface area contributed by atoms with Gasteiger partial charge in [-0.3, -0.25) is 19.2 Å². The summed E-state index contributed by atoms with van der Waals surface area (Å²) < 4.78 is 0. The molecule has 0 aliphatic carbocycles. The van der Waals surface area contributed by atoms with E-state index in [4.69, 9.17) is 0 Å². The molecule has 0 amide bonds. The van der Waals surface area contributed by atoms with Crippen molar-refractivity contribution in [2.75, 3.05) is 26.7 Å². The topological polar surface area (TPSA) is 113 Å². The lowest BCUT2D eigenvalue weighted by molar-refractivity contribution is -0.124. The Hall–Kier alpha value is -0.740. The lowest BCUT2D eigenvalue weighted by Crippen LogP contribution is -2.40. The van der Waals surface area contributed by atoms with Crippen molar-refractivity contribution in [3.63, 3.8) is 0 Å². The summed E-state index contributed by atoms with van der Waals surface area (Å²) in [5.74, 6) is 0.154. The van der Waals surface area contributed by atoms with Crippen LogP contribution in [0.1, 0.15) is 65.7 Å². The van der Waals surface area contributed by atoms with Gasteiger partial charge in [-0.1, -0.05) is 35.4 Å². The molecule has 184 valence electrons. The Morgan fingerprint density at radius 3 is 2.50 bits per heavy atom. The van der Waals surface area contributed by atoms with Gasteiger partial charge >= 0.3 is 0 Å². The van der Waals surface area contributed by atoms with E-state index in [2.05, 4.69) is 10.6 Å². The number of Topliss-reactive ketones (excluding diaryl/α,β-unsaturated/α-hetero) is 4. The van der Waals surface area contributed by atoms with Crippen molar-refractivity contribution in [3.8, 4) is 0 Å². The van der Waals surface area contributed by atoms with E-state index >= 15 is 0 Å². The Balaban J connectivity index is 2.72. The maximum atomic E-state index is 13.1. The van der Waals surface area contributed by atoms with Gasteiger partial charge in [0.2, 0.25) is 0 Å². The molecule has 32 heavy (non-hydrogen) atoms. The highest BCUT2D eigenvalue weighted by Gasteiger charge is 2.36. The molecule has 7 nitrogen and oxygen atoms in total. The SMILES string of the molecule is CNCC[C@H](NCC(=O)CC[C@@H]1CC(C(=O)CC(C)C)SSC(CCCO)C1=O)C(C)=O. The summed E-state index contributed by atoms with van der Waals surface area (Å²) in [5.41, 5.74) is 0. The van der Waals surface area contributed by atoms with Gasteiger partial charge in [0.15, 0.2) is 0 Å². The second-order valence-electron chi connectivity index (χ2n) is 8.95. The first kappa shape index (κ1) is 29.3. The van der Waals surface area contributed by atoms with Crippen LogP contribution in [0.3, 0.4) is 0 Å². The smallest absolute Gasteiger partial charge is 0.149 e. The zero-order valence-corrected chi connectivity index (χ0v) is 21.5. The number of hydrogen-bond acceptors (Lipinski definition) is 9. The minimum Gasteiger partial charge on any atom is -0.396 e. The van der Waals surface area contributed by atoms with Crippen molar-refractivity contribution < 1.29 is 24.3 Å². The fourth-order valence-corrected chi connectivity index (χ4v) is 6.97. The lowest BCUT2D eigenvalue weighted by Gasteiger charge is -2.19. The van der Waals surface area contributed by atoms with Crippen molar-refractivity contribution in [1.29, 1.82) is 0 Å². The average Bonchev–Trinajstić information content (AvgIpc) is 2.89. The molecule has 0 spiro atoms. The van der Waals surface area contributed by atoms with E-state index in [0.29, 0.717) is 45.1 Å². The van der Waals surface area contributed by atoms with Gasteiger partial charge in [0, 0.05) is 25.4 Å². The van der Waals surface area contributed by atoms with E-state index in [-0.39, 0.29) is 71.1 Å². The normalized spacial score (nSPS) is 22.6. The van der Waals surface area contributed by atoms with Gasteiger partial charge in [0.05, 0.1) is 23.1 Å². The minimum absolute atomic E-state index is 0.000669. The summed E-state index contributed by atoms with van der Waals surface area (Å²) in [6.07, 6.45) is 3.36. The van der Waals surface area contributed by atoms with Crippen LogP contribution in [0.2, 0.25) is 0 Å². The second kappa shape index (κ2) is 16.0. The third kappa shape index (κ3) is 10.9. The van der Waals surface area contributed by atoms with E-state index in [9.17, 15) is 24.3 Å². The second-order valence-corrected chi connectivity index (χ2v) is 11.6. The van der Waals surface area contributed by atoms with Gasteiger partial charge < -0.3 is 15.7 Å². The Kier molecular flexibility index (Phi) is 14.6. The molecule has 0 aromatic carbocycles. The molecule has 1 aliphatic rings. The van der Waals surface area contributed by atoms with Crippen LogP contribution in [-0.4, -0.2) is 71.5 Å². The van der Waals surface area contributed by atoms with E-state index < -0.39 is 0 Å². The van der Waals surface area contributed by atoms with Crippen LogP contribution >= 0.6 is 21.6 Å². The number of rotatable bonds is 16. The maximum Gasteiger partial charge on any atom is 0.149 e. The summed E-state index contributed by atoms with van der Waals surface area (Å²) in [6, 6.07) is -0.361. The summed E-state index contributed by atoms with van der Waals surface area (Å²) in [5, 5.41) is 14.7. The van der Waals surface area contributed by atoms with Gasteiger partial charge in [-0.15, -0.1) is 0 Å². The van der Waals surface area contributed by atoms with Gasteiger partial charge in [-0.2, -0.15) is 0 Å². The molecule has 3 N–H and O–H groups in total. The summed E-state index contributed by atoms with van der Waals surface area (Å²) in [7, 11) is 4.75. The summed E-state index contributed by atoms with van der Waals surface area (Å²) >= 11 is 0. The van der Waals surface area contributed by atoms with Gasteiger partial charge in [0.1, 0.15) is 23.1 Å². The molecule has 0 radical (unpaired) electrons. The molecule has 4 atom stereocenters. The van der Waals surface area contributed by atoms with Gasteiger partial charge in [0.25, 0.3) is 0 Å². The fourth-order valence-electron chi connectivity index (χ4n) is 3.70. The third-order valence-corrected chi connectivity index (χ3v) is 8.82. The number of aliphatic hydroxyl groups is 1. The highest BCUT2D eigenvalue weighted by Crippen LogP contribution is 2.43. The Bertz CT molecular complexity index is 630. The van der Waals surface area contributed by atoms with E-state index in [1.54, 1.807) is 0 Å². The molecule has 1 saturated heterocycles. The zero-order chi connectivity index (χ0) is 24.1. The van der Waals surface area contributed by atoms with Crippen LogP contribution in [0.4, 0.5) is 0 Å². The van der Waals surface area contributed by atoms with Crippen LogP contribution < -0.4 is 10.6 Å². The summed E-state index contributed by atoms with van der Waals surface area (Å²) in [6.45, 7) is 6.34. The van der Waals surface area contributed by atoms with Crippen LogP contribution in [-0.2, 0) is 19.2 Å². The van der Waals surface area contributed by atoms with Crippen LogP contribution in [0.25, 0.3) is 0 Å². The Labute approximate surface area is 200 Å². The van der Waals surface area contributed by atoms with Crippen LogP contribution in [0.5, 0.6) is 0 Å². The molecule has 0 aromatic rings. The number of carbonyl (C=O) groups is 4. The number of hydrogen-bond donors (Lipinski definition) is 3. The lowest BCUT2D eigenvalue weighted by atomic mass is 9.87. The fraction of sp³-hybridized carbons (Fsp3) is 0.826. The van der Waals surface area contributed by atoms with Crippen molar-refractivity contribution in [2.45, 2.75) is 82.3 Å². The largest absolute Gasteiger partial charge is 0.396 e. The first-order valence-electron chi connectivity index (χ1n) is 11.6. The molecule has 2 unspecified atom stereocenters. The van der Waals surface area contributed by atoms with Crippen molar-refractivity contribution in [2.24, 2.45) is 11.8 Å². The first-order chi connectivity index (χ1) is 15.2. The number of nitrogens with one attached hydrogen (secondary N) is 2. The molecular weight excluding hydrogens is 448 g/mol. The number of carbonyl (C=O) groups excluding carboxylic acids is 4. The van der Waals surface area contributed by atoms with Crippen molar-refractivity contribution in [1.82, 2.24) is 10.6 Å². The predicted octanol–water partition coefficient (Wildman–Crippen LogP) is 2.59. The van der Waals surface area contributed by atoms with Crippen LogP contribution in [0, 0.1) is 11.8 Å². The molecule has 0 bridgehead atoms. The zero-order valence-electron chi connectivity index (χ0n) is 19.9. The summed E-state index contributed by atoms with van der Waals surface area (Å²) in [4.78, 5) is 50.1.